The zero-order chi connectivity index (χ0) is 15.5. The van der Waals surface area contributed by atoms with Gasteiger partial charge in [0.05, 0.1) is 5.69 Å². The van der Waals surface area contributed by atoms with Crippen molar-refractivity contribution in [3.8, 4) is 11.5 Å². The summed E-state index contributed by atoms with van der Waals surface area (Å²) >= 11 is 1.64. The van der Waals surface area contributed by atoms with Gasteiger partial charge < -0.3 is 8.98 Å². The van der Waals surface area contributed by atoms with Gasteiger partial charge in [0.25, 0.3) is 0 Å². The lowest BCUT2D eigenvalue weighted by molar-refractivity contribution is 0.540. The molecule has 2 heterocycles. The number of rotatable bonds is 5. The van der Waals surface area contributed by atoms with Crippen molar-refractivity contribution < 1.29 is 4.42 Å². The summed E-state index contributed by atoms with van der Waals surface area (Å²) in [4.78, 5) is 4.61. The fraction of sp³-hybridized carbons (Fsp3) is 0.312. The Labute approximate surface area is 133 Å². The van der Waals surface area contributed by atoms with Crippen LogP contribution in [0.5, 0.6) is 0 Å². The first-order valence-corrected chi connectivity index (χ1v) is 8.22. The van der Waals surface area contributed by atoms with Crippen molar-refractivity contribution in [2.45, 2.75) is 38.2 Å². The molecule has 3 rings (SSSR count). The lowest BCUT2D eigenvalue weighted by Crippen LogP contribution is -1.99. The zero-order valence-electron chi connectivity index (χ0n) is 12.9. The fourth-order valence-corrected chi connectivity index (χ4v) is 3.28. The minimum Gasteiger partial charge on any atom is -0.441 e. The molecule has 114 valence electrons. The molecule has 0 aliphatic heterocycles. The standard InChI is InChI=1S/C16H18N4OS/c1-4-20-12(3)18-19-16(20)22-10-14-11(2)21-15(17-14)13-8-6-5-7-9-13/h5-9H,4,10H2,1-3H3. The van der Waals surface area contributed by atoms with Gasteiger partial charge in [-0.1, -0.05) is 30.0 Å². The maximum absolute atomic E-state index is 5.78. The Balaban J connectivity index is 1.77. The number of hydrogen-bond donors (Lipinski definition) is 0. The van der Waals surface area contributed by atoms with E-state index in [0.29, 0.717) is 5.89 Å². The highest BCUT2D eigenvalue weighted by Crippen LogP contribution is 2.27. The molecular weight excluding hydrogens is 296 g/mol. The van der Waals surface area contributed by atoms with Gasteiger partial charge >= 0.3 is 0 Å². The third kappa shape index (κ3) is 2.92. The van der Waals surface area contributed by atoms with Crippen LogP contribution in [0.1, 0.15) is 24.2 Å². The van der Waals surface area contributed by atoms with E-state index in [1.165, 1.54) is 0 Å². The van der Waals surface area contributed by atoms with Gasteiger partial charge in [0.2, 0.25) is 5.89 Å². The molecule has 0 spiro atoms. The SMILES string of the molecule is CCn1c(C)nnc1SCc1nc(-c2ccccc2)oc1C. The van der Waals surface area contributed by atoms with Crippen LogP contribution < -0.4 is 0 Å². The van der Waals surface area contributed by atoms with Crippen molar-refractivity contribution in [3.05, 3.63) is 47.6 Å². The van der Waals surface area contributed by atoms with Crippen LogP contribution in [0.25, 0.3) is 11.5 Å². The van der Waals surface area contributed by atoms with E-state index in [0.717, 1.165) is 40.3 Å². The number of hydrogen-bond acceptors (Lipinski definition) is 5. The molecule has 0 fully saturated rings. The highest BCUT2D eigenvalue weighted by molar-refractivity contribution is 7.98. The molecule has 6 heteroatoms. The summed E-state index contributed by atoms with van der Waals surface area (Å²) in [6.45, 7) is 6.88. The van der Waals surface area contributed by atoms with Gasteiger partial charge in [0.1, 0.15) is 11.6 Å². The Kier molecular flexibility index (Phi) is 4.29. The van der Waals surface area contributed by atoms with Gasteiger partial charge in [-0.05, 0) is 32.9 Å². The second-order valence-corrected chi connectivity index (χ2v) is 5.89. The molecule has 5 nitrogen and oxygen atoms in total. The van der Waals surface area contributed by atoms with E-state index in [2.05, 4.69) is 26.7 Å². The zero-order valence-corrected chi connectivity index (χ0v) is 13.7. The number of oxazole rings is 1. The minimum atomic E-state index is 0.668. The van der Waals surface area contributed by atoms with Crippen LogP contribution in [-0.4, -0.2) is 19.7 Å². The van der Waals surface area contributed by atoms with E-state index < -0.39 is 0 Å². The van der Waals surface area contributed by atoms with E-state index in [9.17, 15) is 0 Å². The summed E-state index contributed by atoms with van der Waals surface area (Å²) in [5.41, 5.74) is 1.95. The van der Waals surface area contributed by atoms with Gasteiger partial charge in [-0.2, -0.15) is 0 Å². The molecule has 1 aromatic carbocycles. The van der Waals surface area contributed by atoms with Crippen LogP contribution in [0.3, 0.4) is 0 Å². The molecule has 2 aromatic heterocycles. The second-order valence-electron chi connectivity index (χ2n) is 4.95. The van der Waals surface area contributed by atoms with Gasteiger partial charge in [-0.25, -0.2) is 4.98 Å². The topological polar surface area (TPSA) is 56.7 Å². The maximum atomic E-state index is 5.78. The number of aromatic nitrogens is 4. The molecule has 0 bridgehead atoms. The highest BCUT2D eigenvalue weighted by atomic mass is 32.2. The number of aryl methyl sites for hydroxylation is 2. The minimum absolute atomic E-state index is 0.668. The first-order chi connectivity index (χ1) is 10.7. The molecule has 3 aromatic rings. The molecule has 0 aliphatic carbocycles. The molecule has 0 aliphatic rings. The summed E-state index contributed by atoms with van der Waals surface area (Å²) in [5.74, 6) is 3.18. The lowest BCUT2D eigenvalue weighted by Gasteiger charge is -2.03. The van der Waals surface area contributed by atoms with Crippen LogP contribution in [0.4, 0.5) is 0 Å². The summed E-state index contributed by atoms with van der Waals surface area (Å²) in [6.07, 6.45) is 0. The maximum Gasteiger partial charge on any atom is 0.226 e. The van der Waals surface area contributed by atoms with Crippen LogP contribution in [0.15, 0.2) is 39.9 Å². The van der Waals surface area contributed by atoms with E-state index in [1.54, 1.807) is 11.8 Å². The van der Waals surface area contributed by atoms with Gasteiger partial charge in [0.15, 0.2) is 5.16 Å². The van der Waals surface area contributed by atoms with E-state index in [1.807, 2.05) is 44.2 Å². The monoisotopic (exact) mass is 314 g/mol. The Bertz CT molecular complexity index is 764. The Morgan fingerprint density at radius 3 is 2.64 bits per heavy atom. The number of thioether (sulfide) groups is 1. The van der Waals surface area contributed by atoms with Crippen molar-refractivity contribution in [2.75, 3.05) is 0 Å². The fourth-order valence-electron chi connectivity index (χ4n) is 2.23. The smallest absolute Gasteiger partial charge is 0.226 e. The predicted molar refractivity (Wildman–Crippen MR) is 86.7 cm³/mol. The van der Waals surface area contributed by atoms with E-state index in [4.69, 9.17) is 4.42 Å². The molecule has 0 saturated carbocycles. The van der Waals surface area contributed by atoms with Crippen LogP contribution >= 0.6 is 11.8 Å². The molecule has 0 amide bonds. The average molecular weight is 314 g/mol. The molecule has 0 N–H and O–H groups in total. The highest BCUT2D eigenvalue weighted by Gasteiger charge is 2.14. The summed E-state index contributed by atoms with van der Waals surface area (Å²) < 4.78 is 7.88. The van der Waals surface area contributed by atoms with Crippen molar-refractivity contribution >= 4 is 11.8 Å². The number of nitrogens with zero attached hydrogens (tertiary/aromatic N) is 4. The summed E-state index contributed by atoms with van der Waals surface area (Å²) in [5, 5.41) is 9.26. The van der Waals surface area contributed by atoms with Gasteiger partial charge in [0, 0.05) is 17.9 Å². The van der Waals surface area contributed by atoms with Gasteiger partial charge in [-0.15, -0.1) is 10.2 Å². The van der Waals surface area contributed by atoms with Crippen LogP contribution in [0, 0.1) is 13.8 Å². The molecule has 0 radical (unpaired) electrons. The molecule has 0 atom stereocenters. The largest absolute Gasteiger partial charge is 0.441 e. The molecule has 0 saturated heterocycles. The molecule has 22 heavy (non-hydrogen) atoms. The Morgan fingerprint density at radius 2 is 1.91 bits per heavy atom. The van der Waals surface area contributed by atoms with Crippen molar-refractivity contribution in [2.24, 2.45) is 0 Å². The van der Waals surface area contributed by atoms with Crippen molar-refractivity contribution in [1.82, 2.24) is 19.7 Å². The summed E-state index contributed by atoms with van der Waals surface area (Å²) in [6, 6.07) is 9.94. The van der Waals surface area contributed by atoms with Crippen molar-refractivity contribution in [1.29, 1.82) is 0 Å². The average Bonchev–Trinajstić information content (AvgIpc) is 3.09. The predicted octanol–water partition coefficient (Wildman–Crippen LogP) is 3.86. The quantitative estimate of drug-likeness (QED) is 0.669. The van der Waals surface area contributed by atoms with E-state index in [-0.39, 0.29) is 0 Å². The number of benzene rings is 1. The molecule has 0 unspecified atom stereocenters. The summed E-state index contributed by atoms with van der Waals surface area (Å²) in [7, 11) is 0. The first kappa shape index (κ1) is 14.8. The molecular formula is C16H18N4OS. The third-order valence-electron chi connectivity index (χ3n) is 3.47. The third-order valence-corrected chi connectivity index (χ3v) is 4.45. The van der Waals surface area contributed by atoms with Gasteiger partial charge in [-0.3, -0.25) is 0 Å². The van der Waals surface area contributed by atoms with Crippen LogP contribution in [0.2, 0.25) is 0 Å². The van der Waals surface area contributed by atoms with Crippen LogP contribution in [-0.2, 0) is 12.3 Å². The Morgan fingerprint density at radius 1 is 1.14 bits per heavy atom. The first-order valence-electron chi connectivity index (χ1n) is 7.23. The normalized spacial score (nSPS) is 11.0. The lowest BCUT2D eigenvalue weighted by atomic mass is 10.2. The van der Waals surface area contributed by atoms with E-state index >= 15 is 0 Å². The Hall–Kier alpha value is -2.08. The second kappa shape index (κ2) is 6.36. The van der Waals surface area contributed by atoms with Crippen molar-refractivity contribution in [3.63, 3.8) is 0 Å².